The average molecular weight is 273 g/mol. The van der Waals surface area contributed by atoms with E-state index in [1.54, 1.807) is 7.05 Å². The number of hydroxylamine groups is 2. The molecule has 0 aliphatic carbocycles. The Morgan fingerprint density at radius 1 is 1.30 bits per heavy atom. The maximum Gasteiger partial charge on any atom is 0.297 e. The highest BCUT2D eigenvalue weighted by atomic mass is 16.7. The highest BCUT2D eigenvalue weighted by Gasteiger charge is 2.20. The van der Waals surface area contributed by atoms with Crippen molar-refractivity contribution in [2.24, 2.45) is 0 Å². The van der Waals surface area contributed by atoms with E-state index in [0.29, 0.717) is 12.2 Å². The number of carbonyl (C=O) groups excluding carboxylic acids is 1. The number of imidazole rings is 1. The zero-order chi connectivity index (χ0) is 14.7. The smallest absolute Gasteiger partial charge is 0.297 e. The zero-order valence-electron chi connectivity index (χ0n) is 12.3. The van der Waals surface area contributed by atoms with Gasteiger partial charge in [0.15, 0.2) is 5.69 Å². The molecule has 1 amide bonds. The maximum absolute atomic E-state index is 12.1. The molecule has 0 aliphatic heterocycles. The van der Waals surface area contributed by atoms with Crippen LogP contribution in [0, 0.1) is 13.8 Å². The van der Waals surface area contributed by atoms with Crippen LogP contribution in [-0.4, -0.2) is 34.7 Å². The summed E-state index contributed by atoms with van der Waals surface area (Å²) >= 11 is 0. The van der Waals surface area contributed by atoms with Crippen molar-refractivity contribution in [3.05, 3.63) is 53.1 Å². The van der Waals surface area contributed by atoms with Gasteiger partial charge in [0.25, 0.3) is 5.91 Å². The number of aryl methyl sites for hydroxylation is 1. The van der Waals surface area contributed by atoms with Crippen molar-refractivity contribution < 1.29 is 9.63 Å². The third-order valence-electron chi connectivity index (χ3n) is 3.36. The molecule has 1 heterocycles. The Labute approximate surface area is 118 Å². The molecule has 0 saturated carbocycles. The SMILES string of the molecule is CON(C)C(=O)c1nc(C)n(Cc2ccccc2)c1C. The summed E-state index contributed by atoms with van der Waals surface area (Å²) in [7, 11) is 3.04. The van der Waals surface area contributed by atoms with E-state index in [-0.39, 0.29) is 5.91 Å². The molecule has 0 saturated heterocycles. The van der Waals surface area contributed by atoms with Gasteiger partial charge in [-0.2, -0.15) is 0 Å². The van der Waals surface area contributed by atoms with Gasteiger partial charge in [0, 0.05) is 19.3 Å². The number of benzene rings is 1. The first kappa shape index (κ1) is 14.3. The van der Waals surface area contributed by atoms with Gasteiger partial charge >= 0.3 is 0 Å². The summed E-state index contributed by atoms with van der Waals surface area (Å²) in [5.74, 6) is 0.583. The fourth-order valence-corrected chi connectivity index (χ4v) is 2.11. The molecule has 0 spiro atoms. The Balaban J connectivity index is 2.32. The van der Waals surface area contributed by atoms with Crippen LogP contribution in [-0.2, 0) is 11.4 Å². The van der Waals surface area contributed by atoms with Crippen LogP contribution >= 0.6 is 0 Å². The van der Waals surface area contributed by atoms with E-state index in [4.69, 9.17) is 4.84 Å². The molecule has 0 atom stereocenters. The van der Waals surface area contributed by atoms with Crippen LogP contribution in [0.25, 0.3) is 0 Å². The number of hydrogen-bond donors (Lipinski definition) is 0. The second kappa shape index (κ2) is 5.88. The molecule has 5 heteroatoms. The number of amides is 1. The lowest BCUT2D eigenvalue weighted by molar-refractivity contribution is -0.0760. The summed E-state index contributed by atoms with van der Waals surface area (Å²) in [5, 5.41) is 1.18. The van der Waals surface area contributed by atoms with E-state index in [1.807, 2.05) is 36.6 Å². The van der Waals surface area contributed by atoms with Gasteiger partial charge in [-0.1, -0.05) is 30.3 Å². The van der Waals surface area contributed by atoms with Gasteiger partial charge in [-0.3, -0.25) is 9.63 Å². The molecule has 0 aliphatic rings. The lowest BCUT2D eigenvalue weighted by atomic mass is 10.2. The van der Waals surface area contributed by atoms with Gasteiger partial charge in [-0.05, 0) is 19.4 Å². The molecule has 0 fully saturated rings. The van der Waals surface area contributed by atoms with Crippen LogP contribution in [0.4, 0.5) is 0 Å². The van der Waals surface area contributed by atoms with Crippen molar-refractivity contribution in [1.82, 2.24) is 14.6 Å². The van der Waals surface area contributed by atoms with Crippen molar-refractivity contribution in [3.8, 4) is 0 Å². The van der Waals surface area contributed by atoms with Crippen molar-refractivity contribution in [2.75, 3.05) is 14.2 Å². The summed E-state index contributed by atoms with van der Waals surface area (Å²) in [6.45, 7) is 4.51. The number of carbonyl (C=O) groups is 1. The highest BCUT2D eigenvalue weighted by Crippen LogP contribution is 2.15. The summed E-state index contributed by atoms with van der Waals surface area (Å²) in [6.07, 6.45) is 0. The Morgan fingerprint density at radius 3 is 2.55 bits per heavy atom. The number of hydrogen-bond acceptors (Lipinski definition) is 3. The first-order valence-electron chi connectivity index (χ1n) is 6.44. The third kappa shape index (κ3) is 2.72. The second-order valence-corrected chi connectivity index (χ2v) is 4.65. The second-order valence-electron chi connectivity index (χ2n) is 4.65. The van der Waals surface area contributed by atoms with Crippen LogP contribution in [0.5, 0.6) is 0 Å². The minimum absolute atomic E-state index is 0.236. The molecule has 0 radical (unpaired) electrons. The number of aromatic nitrogens is 2. The predicted octanol–water partition coefficient (Wildman–Crippen LogP) is 2.18. The lowest BCUT2D eigenvalue weighted by Crippen LogP contribution is -2.26. The van der Waals surface area contributed by atoms with Crippen LogP contribution in [0.3, 0.4) is 0 Å². The summed E-state index contributed by atoms with van der Waals surface area (Å²) in [6, 6.07) is 10.1. The van der Waals surface area contributed by atoms with Gasteiger partial charge < -0.3 is 4.57 Å². The minimum Gasteiger partial charge on any atom is -0.327 e. The van der Waals surface area contributed by atoms with Crippen LogP contribution in [0.2, 0.25) is 0 Å². The highest BCUT2D eigenvalue weighted by molar-refractivity contribution is 5.92. The van der Waals surface area contributed by atoms with Gasteiger partial charge in [0.1, 0.15) is 5.82 Å². The lowest BCUT2D eigenvalue weighted by Gasteiger charge is -2.13. The zero-order valence-corrected chi connectivity index (χ0v) is 12.3. The Morgan fingerprint density at radius 2 is 1.95 bits per heavy atom. The molecule has 106 valence electrons. The fourth-order valence-electron chi connectivity index (χ4n) is 2.11. The number of nitrogens with zero attached hydrogens (tertiary/aromatic N) is 3. The Hall–Kier alpha value is -2.14. The molecule has 0 bridgehead atoms. The van der Waals surface area contributed by atoms with E-state index < -0.39 is 0 Å². The van der Waals surface area contributed by atoms with Crippen molar-refractivity contribution in [2.45, 2.75) is 20.4 Å². The van der Waals surface area contributed by atoms with Crippen LogP contribution < -0.4 is 0 Å². The van der Waals surface area contributed by atoms with Crippen LogP contribution in [0.1, 0.15) is 27.6 Å². The van der Waals surface area contributed by atoms with E-state index in [9.17, 15) is 4.79 Å². The maximum atomic E-state index is 12.1. The third-order valence-corrected chi connectivity index (χ3v) is 3.36. The van der Waals surface area contributed by atoms with Crippen LogP contribution in [0.15, 0.2) is 30.3 Å². The molecule has 0 N–H and O–H groups in total. The molecule has 20 heavy (non-hydrogen) atoms. The minimum atomic E-state index is -0.236. The van der Waals surface area contributed by atoms with Crippen molar-refractivity contribution >= 4 is 5.91 Å². The Bertz CT molecular complexity index is 605. The molecule has 2 aromatic rings. The van der Waals surface area contributed by atoms with Gasteiger partial charge in [-0.15, -0.1) is 0 Å². The average Bonchev–Trinajstić information content (AvgIpc) is 2.75. The van der Waals surface area contributed by atoms with Crippen molar-refractivity contribution in [3.63, 3.8) is 0 Å². The monoisotopic (exact) mass is 273 g/mol. The largest absolute Gasteiger partial charge is 0.327 e. The molecule has 2 rings (SSSR count). The fraction of sp³-hybridized carbons (Fsp3) is 0.333. The standard InChI is InChI=1S/C15H19N3O2/c1-11-14(15(19)17(3)20-4)16-12(2)18(11)10-13-8-6-5-7-9-13/h5-9H,10H2,1-4H3. The molecule has 5 nitrogen and oxygen atoms in total. The molecule has 1 aromatic heterocycles. The van der Waals surface area contributed by atoms with E-state index in [0.717, 1.165) is 11.5 Å². The quantitative estimate of drug-likeness (QED) is 0.802. The van der Waals surface area contributed by atoms with E-state index in [1.165, 1.54) is 17.7 Å². The molecular formula is C15H19N3O2. The molecular weight excluding hydrogens is 254 g/mol. The number of rotatable bonds is 4. The Kier molecular flexibility index (Phi) is 4.20. The first-order valence-corrected chi connectivity index (χ1v) is 6.44. The first-order chi connectivity index (χ1) is 9.54. The topological polar surface area (TPSA) is 47.4 Å². The van der Waals surface area contributed by atoms with E-state index in [2.05, 4.69) is 17.1 Å². The molecule has 0 unspecified atom stereocenters. The summed E-state index contributed by atoms with van der Waals surface area (Å²) in [4.78, 5) is 21.4. The summed E-state index contributed by atoms with van der Waals surface area (Å²) in [5.41, 5.74) is 2.46. The normalized spacial score (nSPS) is 10.6. The van der Waals surface area contributed by atoms with E-state index >= 15 is 0 Å². The van der Waals surface area contributed by atoms with Gasteiger partial charge in [0.2, 0.25) is 0 Å². The van der Waals surface area contributed by atoms with Gasteiger partial charge in [-0.25, -0.2) is 10.0 Å². The molecule has 1 aromatic carbocycles. The van der Waals surface area contributed by atoms with Gasteiger partial charge in [0.05, 0.1) is 7.11 Å². The van der Waals surface area contributed by atoms with Crippen molar-refractivity contribution in [1.29, 1.82) is 0 Å². The predicted molar refractivity (Wildman–Crippen MR) is 76.3 cm³/mol. The summed E-state index contributed by atoms with van der Waals surface area (Å²) < 4.78 is 2.03.